The second-order valence-electron chi connectivity index (χ2n) is 11.4. The van der Waals surface area contributed by atoms with Crippen molar-refractivity contribution >= 4 is 18.2 Å². The van der Waals surface area contributed by atoms with Gasteiger partial charge >= 0.3 is 0 Å². The SMILES string of the molecule is CCN(C(=O)c1cc(F)ccc1Oc1nncnc1N1CCC2(C1)CN(C(CCCN)C(C)C)C2)C(C)C.O=CO. The molecule has 2 aromatic rings. The molecule has 1 amide bonds. The summed E-state index contributed by atoms with van der Waals surface area (Å²) < 4.78 is 20.3. The van der Waals surface area contributed by atoms with E-state index in [1.54, 1.807) is 4.90 Å². The minimum absolute atomic E-state index is 0.0363. The van der Waals surface area contributed by atoms with Gasteiger partial charge in [0.05, 0.1) is 5.56 Å². The molecule has 12 heteroatoms. The Labute approximate surface area is 241 Å². The zero-order valence-electron chi connectivity index (χ0n) is 24.8. The summed E-state index contributed by atoms with van der Waals surface area (Å²) >= 11 is 0. The van der Waals surface area contributed by atoms with E-state index in [0.29, 0.717) is 24.3 Å². The van der Waals surface area contributed by atoms with E-state index in [2.05, 4.69) is 38.8 Å². The van der Waals surface area contributed by atoms with Crippen molar-refractivity contribution in [2.45, 2.75) is 66.0 Å². The normalized spacial score (nSPS) is 16.8. The molecule has 1 spiro atoms. The fraction of sp³-hybridized carbons (Fsp3) is 0.621. The van der Waals surface area contributed by atoms with E-state index >= 15 is 0 Å². The highest BCUT2D eigenvalue weighted by molar-refractivity contribution is 5.97. The molecule has 4 rings (SSSR count). The zero-order chi connectivity index (χ0) is 30.2. The molecule has 2 aliphatic heterocycles. The number of halogens is 1. The first-order chi connectivity index (χ1) is 19.6. The molecular weight excluding hydrogens is 529 g/mol. The highest BCUT2D eigenvalue weighted by Crippen LogP contribution is 2.44. The summed E-state index contributed by atoms with van der Waals surface area (Å²) in [6, 6.07) is 4.49. The smallest absolute Gasteiger partial charge is 0.290 e. The number of hydrogen-bond donors (Lipinski definition) is 2. The third kappa shape index (κ3) is 7.68. The van der Waals surface area contributed by atoms with E-state index in [1.165, 1.54) is 24.5 Å². The molecule has 1 aromatic heterocycles. The number of likely N-dealkylation sites (tertiary alicyclic amines) is 1. The molecule has 3 heterocycles. The highest BCUT2D eigenvalue weighted by atomic mass is 19.1. The summed E-state index contributed by atoms with van der Waals surface area (Å²) in [4.78, 5) is 32.6. The van der Waals surface area contributed by atoms with E-state index in [-0.39, 0.29) is 41.0 Å². The summed E-state index contributed by atoms with van der Waals surface area (Å²) in [7, 11) is 0. The highest BCUT2D eigenvalue weighted by Gasteiger charge is 2.50. The lowest BCUT2D eigenvalue weighted by molar-refractivity contribution is -0.122. The summed E-state index contributed by atoms with van der Waals surface area (Å²) in [5.41, 5.74) is 6.15. The average Bonchev–Trinajstić information content (AvgIpc) is 3.36. The van der Waals surface area contributed by atoms with Gasteiger partial charge in [0.2, 0.25) is 0 Å². The summed E-state index contributed by atoms with van der Waals surface area (Å²) in [5, 5.41) is 15.0. The molecule has 0 radical (unpaired) electrons. The summed E-state index contributed by atoms with van der Waals surface area (Å²) in [5.74, 6) is 0.853. The average molecular weight is 574 g/mol. The van der Waals surface area contributed by atoms with Gasteiger partial charge in [0.25, 0.3) is 18.3 Å². The number of carboxylic acid groups (broad SMARTS) is 1. The van der Waals surface area contributed by atoms with Crippen LogP contribution < -0.4 is 15.4 Å². The Balaban J connectivity index is 0.00000147. The van der Waals surface area contributed by atoms with Gasteiger partial charge < -0.3 is 25.4 Å². The molecule has 2 aliphatic rings. The Hall–Kier alpha value is -3.38. The first-order valence-electron chi connectivity index (χ1n) is 14.3. The lowest BCUT2D eigenvalue weighted by Gasteiger charge is -2.53. The third-order valence-electron chi connectivity index (χ3n) is 7.93. The van der Waals surface area contributed by atoms with E-state index in [4.69, 9.17) is 20.4 Å². The fourth-order valence-electron chi connectivity index (χ4n) is 5.99. The lowest BCUT2D eigenvalue weighted by atomic mass is 9.76. The van der Waals surface area contributed by atoms with Crippen molar-refractivity contribution in [1.29, 1.82) is 0 Å². The van der Waals surface area contributed by atoms with Crippen molar-refractivity contribution in [1.82, 2.24) is 25.0 Å². The maximum Gasteiger partial charge on any atom is 0.290 e. The van der Waals surface area contributed by atoms with E-state index in [9.17, 15) is 9.18 Å². The monoisotopic (exact) mass is 573 g/mol. The van der Waals surface area contributed by atoms with Crippen molar-refractivity contribution in [3.05, 3.63) is 35.9 Å². The van der Waals surface area contributed by atoms with Crippen LogP contribution in [0.2, 0.25) is 0 Å². The maximum absolute atomic E-state index is 14.2. The number of anilines is 1. The van der Waals surface area contributed by atoms with Crippen LogP contribution in [-0.4, -0.2) is 93.8 Å². The Kier molecular flexibility index (Phi) is 11.4. The lowest BCUT2D eigenvalue weighted by Crippen LogP contribution is -2.62. The van der Waals surface area contributed by atoms with Crippen LogP contribution >= 0.6 is 0 Å². The number of ether oxygens (including phenoxy) is 1. The van der Waals surface area contributed by atoms with Crippen LogP contribution in [0, 0.1) is 17.2 Å². The van der Waals surface area contributed by atoms with Gasteiger partial charge in [0.1, 0.15) is 17.9 Å². The molecular formula is C29H44FN7O4. The molecule has 1 aromatic carbocycles. The quantitative estimate of drug-likeness (QED) is 0.383. The molecule has 0 bridgehead atoms. The molecule has 226 valence electrons. The van der Waals surface area contributed by atoms with Crippen molar-refractivity contribution < 1.29 is 23.8 Å². The van der Waals surface area contributed by atoms with E-state index in [1.807, 2.05) is 20.8 Å². The molecule has 11 nitrogen and oxygen atoms in total. The number of amides is 1. The Bertz CT molecular complexity index is 1160. The zero-order valence-corrected chi connectivity index (χ0v) is 24.8. The maximum atomic E-state index is 14.2. The van der Waals surface area contributed by atoms with Gasteiger partial charge in [-0.25, -0.2) is 9.37 Å². The van der Waals surface area contributed by atoms with Gasteiger partial charge in [-0.15, -0.1) is 10.2 Å². The van der Waals surface area contributed by atoms with Crippen LogP contribution in [-0.2, 0) is 4.79 Å². The fourth-order valence-corrected chi connectivity index (χ4v) is 5.99. The Morgan fingerprint density at radius 3 is 2.59 bits per heavy atom. The Morgan fingerprint density at radius 1 is 1.27 bits per heavy atom. The number of hydrogen-bond acceptors (Lipinski definition) is 9. The molecule has 0 saturated carbocycles. The van der Waals surface area contributed by atoms with Gasteiger partial charge in [0.15, 0.2) is 5.82 Å². The third-order valence-corrected chi connectivity index (χ3v) is 7.93. The molecule has 41 heavy (non-hydrogen) atoms. The molecule has 3 N–H and O–H groups in total. The second-order valence-corrected chi connectivity index (χ2v) is 11.4. The number of benzene rings is 1. The second kappa shape index (κ2) is 14.5. The number of rotatable bonds is 11. The van der Waals surface area contributed by atoms with E-state index in [0.717, 1.165) is 52.0 Å². The predicted octanol–water partition coefficient (Wildman–Crippen LogP) is 3.65. The van der Waals surface area contributed by atoms with Crippen molar-refractivity contribution in [3.63, 3.8) is 0 Å². The van der Waals surface area contributed by atoms with Crippen molar-refractivity contribution in [2.24, 2.45) is 17.1 Å². The van der Waals surface area contributed by atoms with Crippen LogP contribution in [0.25, 0.3) is 0 Å². The van der Waals surface area contributed by atoms with Crippen LogP contribution in [0.3, 0.4) is 0 Å². The number of nitrogens with zero attached hydrogens (tertiary/aromatic N) is 6. The van der Waals surface area contributed by atoms with Gasteiger partial charge in [-0.1, -0.05) is 13.8 Å². The van der Waals surface area contributed by atoms with Gasteiger partial charge in [-0.3, -0.25) is 14.5 Å². The first kappa shape index (κ1) is 32.1. The number of carbonyl (C=O) groups excluding carboxylic acids is 1. The van der Waals surface area contributed by atoms with Crippen LogP contribution in [0.15, 0.2) is 24.5 Å². The largest absolute Gasteiger partial charge is 0.483 e. The number of aromatic nitrogens is 3. The molecule has 1 atom stereocenters. The summed E-state index contributed by atoms with van der Waals surface area (Å²) in [6.45, 7) is 15.1. The van der Waals surface area contributed by atoms with Crippen LogP contribution in [0.1, 0.15) is 64.2 Å². The molecule has 2 fully saturated rings. The number of carbonyl (C=O) groups is 2. The molecule has 2 saturated heterocycles. The van der Waals surface area contributed by atoms with Crippen LogP contribution in [0.4, 0.5) is 10.2 Å². The van der Waals surface area contributed by atoms with Crippen LogP contribution in [0.5, 0.6) is 11.6 Å². The van der Waals surface area contributed by atoms with Gasteiger partial charge in [-0.05, 0) is 70.7 Å². The molecule has 1 unspecified atom stereocenters. The van der Waals surface area contributed by atoms with Gasteiger partial charge in [-0.2, -0.15) is 0 Å². The minimum atomic E-state index is -0.500. The standard InChI is InChI=1S/C28H42FN7O2.CH2O2/c1-6-36(20(4)5)27(37)22-14-21(29)9-10-24(22)38-26-25(31-18-32-33-26)34-13-11-28(15-34)16-35(17-28)23(19(2)3)8-7-12-30;2-1-3/h9-10,14,18-20,23H,6-8,11-13,15-17,30H2,1-5H3;1H,(H,2,3). The minimum Gasteiger partial charge on any atom is -0.483 e. The van der Waals surface area contributed by atoms with Gasteiger partial charge in [0, 0.05) is 50.2 Å². The topological polar surface area (TPSA) is 138 Å². The Morgan fingerprint density at radius 2 is 1.98 bits per heavy atom. The van der Waals surface area contributed by atoms with Crippen molar-refractivity contribution in [2.75, 3.05) is 44.2 Å². The summed E-state index contributed by atoms with van der Waals surface area (Å²) in [6.07, 6.45) is 4.66. The number of nitrogens with two attached hydrogens (primary N) is 1. The predicted molar refractivity (Wildman–Crippen MR) is 155 cm³/mol. The molecule has 0 aliphatic carbocycles. The van der Waals surface area contributed by atoms with Crippen molar-refractivity contribution in [3.8, 4) is 11.6 Å². The van der Waals surface area contributed by atoms with E-state index < -0.39 is 5.82 Å². The first-order valence-corrected chi connectivity index (χ1v) is 14.3.